The molecule has 1 N–H and O–H groups in total. The Morgan fingerprint density at radius 3 is 2.65 bits per heavy atom. The maximum Gasteiger partial charge on any atom is 0.0942 e. The Labute approximate surface area is 117 Å². The first kappa shape index (κ1) is 12.7. The van der Waals surface area contributed by atoms with E-state index in [2.05, 4.69) is 47.3 Å². The topological polar surface area (TPSA) is 42.7 Å². The predicted octanol–water partition coefficient (Wildman–Crippen LogP) is 2.65. The fraction of sp³-hybridized carbons (Fsp3) is 0.273. The van der Waals surface area contributed by atoms with Gasteiger partial charge in [0.2, 0.25) is 0 Å². The Morgan fingerprint density at radius 2 is 2.12 bits per heavy atom. The molecule has 0 saturated heterocycles. The first-order chi connectivity index (χ1) is 8.15. The van der Waals surface area contributed by atoms with Crippen molar-refractivity contribution < 1.29 is 0 Å². The number of halogens is 2. The molecule has 0 amide bonds. The Kier molecular flexibility index (Phi) is 3.96. The zero-order chi connectivity index (χ0) is 12.4. The van der Waals surface area contributed by atoms with Crippen LogP contribution in [0.3, 0.4) is 0 Å². The lowest BCUT2D eigenvalue weighted by molar-refractivity contribution is 0.590. The maximum atomic E-state index is 4.42. The lowest BCUT2D eigenvalue weighted by atomic mass is 10.1. The Balaban J connectivity index is 2.52. The fourth-order valence-electron chi connectivity index (χ4n) is 1.76. The van der Waals surface area contributed by atoms with Crippen LogP contribution >= 0.6 is 31.9 Å². The molecule has 0 aliphatic heterocycles. The van der Waals surface area contributed by atoms with Crippen molar-refractivity contribution in [3.05, 3.63) is 44.9 Å². The third-order valence-corrected chi connectivity index (χ3v) is 3.84. The molecule has 0 fully saturated rings. The molecule has 1 unspecified atom stereocenters. The second kappa shape index (κ2) is 5.29. The van der Waals surface area contributed by atoms with E-state index in [0.29, 0.717) is 0 Å². The second-order valence-electron chi connectivity index (χ2n) is 3.59. The number of hydrogen-bond donors (Lipinski definition) is 1. The van der Waals surface area contributed by atoms with Crippen LogP contribution in [0.5, 0.6) is 0 Å². The average molecular weight is 360 g/mol. The molecule has 2 aromatic heterocycles. The molecule has 90 valence electrons. The largest absolute Gasteiger partial charge is 0.307 e. The van der Waals surface area contributed by atoms with Crippen molar-refractivity contribution in [2.75, 3.05) is 7.05 Å². The number of aromatic nitrogens is 3. The van der Waals surface area contributed by atoms with E-state index in [1.807, 2.05) is 30.9 Å². The Bertz CT molecular complexity index is 504. The van der Waals surface area contributed by atoms with Gasteiger partial charge in [-0.15, -0.1) is 0 Å². The van der Waals surface area contributed by atoms with E-state index in [-0.39, 0.29) is 6.04 Å². The minimum absolute atomic E-state index is 0.00699. The molecule has 2 aromatic rings. The molecular weight excluding hydrogens is 348 g/mol. The average Bonchev–Trinajstić information content (AvgIpc) is 2.64. The highest BCUT2D eigenvalue weighted by molar-refractivity contribution is 9.10. The van der Waals surface area contributed by atoms with Crippen molar-refractivity contribution in [1.29, 1.82) is 0 Å². The van der Waals surface area contributed by atoms with Gasteiger partial charge in [-0.05, 0) is 51.0 Å². The van der Waals surface area contributed by atoms with E-state index < -0.39 is 0 Å². The van der Waals surface area contributed by atoms with Crippen LogP contribution in [-0.2, 0) is 7.05 Å². The summed E-state index contributed by atoms with van der Waals surface area (Å²) in [5.74, 6) is 0. The van der Waals surface area contributed by atoms with Gasteiger partial charge in [0.05, 0.1) is 28.1 Å². The van der Waals surface area contributed by atoms with Gasteiger partial charge in [-0.1, -0.05) is 0 Å². The maximum absolute atomic E-state index is 4.42. The van der Waals surface area contributed by atoms with Gasteiger partial charge < -0.3 is 5.32 Å². The van der Waals surface area contributed by atoms with E-state index in [9.17, 15) is 0 Å². The summed E-state index contributed by atoms with van der Waals surface area (Å²) in [4.78, 5) is 4.42. The van der Waals surface area contributed by atoms with Crippen molar-refractivity contribution >= 4 is 31.9 Å². The van der Waals surface area contributed by atoms with Crippen LogP contribution in [-0.4, -0.2) is 21.8 Å². The van der Waals surface area contributed by atoms with Gasteiger partial charge in [-0.2, -0.15) is 5.10 Å². The van der Waals surface area contributed by atoms with Gasteiger partial charge in [-0.25, -0.2) is 0 Å². The summed E-state index contributed by atoms with van der Waals surface area (Å²) in [5.41, 5.74) is 1.99. The molecule has 2 heterocycles. The highest BCUT2D eigenvalue weighted by atomic mass is 79.9. The molecule has 0 bridgehead atoms. The number of aryl methyl sites for hydroxylation is 1. The van der Waals surface area contributed by atoms with Crippen LogP contribution in [0.4, 0.5) is 0 Å². The van der Waals surface area contributed by atoms with Gasteiger partial charge in [-0.3, -0.25) is 9.67 Å². The van der Waals surface area contributed by atoms with Gasteiger partial charge in [0.15, 0.2) is 0 Å². The number of pyridine rings is 1. The zero-order valence-electron chi connectivity index (χ0n) is 9.48. The van der Waals surface area contributed by atoms with Crippen molar-refractivity contribution in [2.24, 2.45) is 7.05 Å². The monoisotopic (exact) mass is 358 g/mol. The smallest absolute Gasteiger partial charge is 0.0942 e. The molecule has 0 aliphatic carbocycles. The second-order valence-corrected chi connectivity index (χ2v) is 5.30. The molecule has 17 heavy (non-hydrogen) atoms. The van der Waals surface area contributed by atoms with Crippen LogP contribution in [0, 0.1) is 0 Å². The number of nitrogens with zero attached hydrogens (tertiary/aromatic N) is 3. The summed E-state index contributed by atoms with van der Waals surface area (Å²) in [6.07, 6.45) is 3.57. The quantitative estimate of drug-likeness (QED) is 0.916. The lowest BCUT2D eigenvalue weighted by Crippen LogP contribution is -2.22. The molecule has 1 atom stereocenters. The summed E-state index contributed by atoms with van der Waals surface area (Å²) < 4.78 is 3.79. The standard InChI is InChI=1S/C11H12Br2N4/c1-14-10(9-7(12)4-3-5-15-9)11-8(13)6-16-17(11)2/h3-6,10,14H,1-2H3. The lowest BCUT2D eigenvalue weighted by Gasteiger charge is -2.18. The van der Waals surface area contributed by atoms with Gasteiger partial charge in [0.1, 0.15) is 0 Å². The van der Waals surface area contributed by atoms with Crippen LogP contribution in [0.2, 0.25) is 0 Å². The minimum atomic E-state index is -0.00699. The van der Waals surface area contributed by atoms with Crippen LogP contribution < -0.4 is 5.32 Å². The molecule has 0 spiro atoms. The molecule has 4 nitrogen and oxygen atoms in total. The first-order valence-corrected chi connectivity index (χ1v) is 6.68. The van der Waals surface area contributed by atoms with E-state index in [0.717, 1.165) is 20.3 Å². The highest BCUT2D eigenvalue weighted by Crippen LogP contribution is 2.30. The summed E-state index contributed by atoms with van der Waals surface area (Å²) in [6.45, 7) is 0. The number of rotatable bonds is 3. The number of hydrogen-bond acceptors (Lipinski definition) is 3. The Hall–Kier alpha value is -0.720. The first-order valence-electron chi connectivity index (χ1n) is 5.10. The summed E-state index contributed by atoms with van der Waals surface area (Å²) in [5, 5.41) is 7.49. The van der Waals surface area contributed by atoms with E-state index >= 15 is 0 Å². The number of nitrogens with one attached hydrogen (secondary N) is 1. The van der Waals surface area contributed by atoms with Gasteiger partial charge >= 0.3 is 0 Å². The summed E-state index contributed by atoms with van der Waals surface area (Å²) in [6, 6.07) is 3.88. The predicted molar refractivity (Wildman–Crippen MR) is 73.7 cm³/mol. The van der Waals surface area contributed by atoms with Crippen LogP contribution in [0.1, 0.15) is 17.4 Å². The summed E-state index contributed by atoms with van der Waals surface area (Å²) >= 11 is 7.04. The molecular formula is C11H12Br2N4. The highest BCUT2D eigenvalue weighted by Gasteiger charge is 2.22. The van der Waals surface area contributed by atoms with Crippen molar-refractivity contribution in [3.63, 3.8) is 0 Å². The third-order valence-electron chi connectivity index (χ3n) is 2.56. The fourth-order valence-corrected chi connectivity index (χ4v) is 2.82. The van der Waals surface area contributed by atoms with Crippen LogP contribution in [0.15, 0.2) is 33.5 Å². The van der Waals surface area contributed by atoms with Crippen LogP contribution in [0.25, 0.3) is 0 Å². The molecule has 0 saturated carbocycles. The third kappa shape index (κ3) is 2.43. The van der Waals surface area contributed by atoms with E-state index in [1.54, 1.807) is 12.4 Å². The van der Waals surface area contributed by atoms with E-state index in [1.165, 1.54) is 0 Å². The van der Waals surface area contributed by atoms with Gasteiger partial charge in [0, 0.05) is 17.7 Å². The Morgan fingerprint density at radius 1 is 1.35 bits per heavy atom. The minimum Gasteiger partial charge on any atom is -0.307 e. The summed E-state index contributed by atoms with van der Waals surface area (Å²) in [7, 11) is 3.83. The van der Waals surface area contributed by atoms with Crippen molar-refractivity contribution in [1.82, 2.24) is 20.1 Å². The SMILES string of the molecule is CNC(c1ncccc1Br)c1c(Br)cnn1C. The van der Waals surface area contributed by atoms with Crippen molar-refractivity contribution in [2.45, 2.75) is 6.04 Å². The normalized spacial score (nSPS) is 12.7. The molecule has 0 aromatic carbocycles. The molecule has 6 heteroatoms. The zero-order valence-corrected chi connectivity index (χ0v) is 12.7. The molecule has 2 rings (SSSR count). The van der Waals surface area contributed by atoms with Crippen molar-refractivity contribution in [3.8, 4) is 0 Å². The molecule has 0 aliphatic rings. The van der Waals surface area contributed by atoms with E-state index in [4.69, 9.17) is 0 Å². The van der Waals surface area contributed by atoms with Gasteiger partial charge in [0.25, 0.3) is 0 Å². The molecule has 0 radical (unpaired) electrons.